The molecule has 1 amide bonds. The number of rotatable bonds is 12. The summed E-state index contributed by atoms with van der Waals surface area (Å²) >= 11 is 0. The van der Waals surface area contributed by atoms with Crippen molar-refractivity contribution in [1.29, 1.82) is 0 Å². The average Bonchev–Trinajstić information content (AvgIpc) is 2.83. The Morgan fingerprint density at radius 1 is 1.00 bits per heavy atom. The molecule has 0 radical (unpaired) electrons. The highest BCUT2D eigenvalue weighted by molar-refractivity contribution is 5.97. The van der Waals surface area contributed by atoms with Gasteiger partial charge in [0.15, 0.2) is 0 Å². The molecular weight excluding hydrogens is 418 g/mol. The minimum atomic E-state index is -0.866. The lowest BCUT2D eigenvalue weighted by Gasteiger charge is -2.17. The van der Waals surface area contributed by atoms with Gasteiger partial charge in [-0.2, -0.15) is 0 Å². The molecule has 0 aliphatic heterocycles. The third-order valence-electron chi connectivity index (χ3n) is 5.30. The molecule has 2 aromatic rings. The molecule has 0 saturated carbocycles. The van der Waals surface area contributed by atoms with E-state index in [0.717, 1.165) is 23.6 Å². The van der Waals surface area contributed by atoms with Gasteiger partial charge in [-0.15, -0.1) is 0 Å². The van der Waals surface area contributed by atoms with Crippen molar-refractivity contribution in [3.8, 4) is 11.5 Å². The van der Waals surface area contributed by atoms with Gasteiger partial charge in [-0.3, -0.25) is 9.59 Å². The van der Waals surface area contributed by atoms with Crippen LogP contribution >= 0.6 is 0 Å². The van der Waals surface area contributed by atoms with Crippen LogP contribution in [0.5, 0.6) is 11.5 Å². The number of nitrogens with one attached hydrogen (secondary N) is 1. The van der Waals surface area contributed by atoms with Gasteiger partial charge in [-0.05, 0) is 67.7 Å². The predicted octanol–water partition coefficient (Wildman–Crippen LogP) is 5.64. The molecule has 0 fully saturated rings. The van der Waals surface area contributed by atoms with Crippen LogP contribution < -0.4 is 14.8 Å². The Kier molecular flexibility index (Phi) is 9.12. The van der Waals surface area contributed by atoms with E-state index in [1.807, 2.05) is 24.3 Å². The number of carboxylic acids is 1. The van der Waals surface area contributed by atoms with Gasteiger partial charge in [0.1, 0.15) is 17.3 Å². The predicted molar refractivity (Wildman–Crippen MR) is 127 cm³/mol. The first kappa shape index (κ1) is 24.1. The molecule has 174 valence electrons. The standard InChI is InChI=1S/C27H31NO5/c1-2-3-7-20-11-15-22(16-12-20)33-23-17-13-21(14-18-23)28-27(31)24-8-4-5-9-25(24)32-19-6-10-26(29)30/h4-5,8-9,11-13,15-17H,2-3,6-7,10,14,18-19H2,1H3,(H,28,31)(H,29,30). The largest absolute Gasteiger partial charge is 0.493 e. The minimum absolute atomic E-state index is 0.0288. The summed E-state index contributed by atoms with van der Waals surface area (Å²) in [6, 6.07) is 15.2. The molecule has 2 N–H and O–H groups in total. The fourth-order valence-electron chi connectivity index (χ4n) is 3.46. The van der Waals surface area contributed by atoms with E-state index in [4.69, 9.17) is 14.6 Å². The van der Waals surface area contributed by atoms with Gasteiger partial charge in [0.2, 0.25) is 0 Å². The Labute approximate surface area is 194 Å². The zero-order valence-electron chi connectivity index (χ0n) is 19.0. The van der Waals surface area contributed by atoms with Gasteiger partial charge in [0.25, 0.3) is 5.91 Å². The highest BCUT2D eigenvalue weighted by atomic mass is 16.5. The van der Waals surface area contributed by atoms with Crippen LogP contribution in [0.1, 0.15) is 61.4 Å². The SMILES string of the molecule is CCCCc1ccc(OC2=CC=C(NC(=O)c3ccccc3OCCCC(=O)O)CC2)cc1. The number of carbonyl (C=O) groups is 2. The fraction of sp³-hybridized carbons (Fsp3) is 0.333. The van der Waals surface area contributed by atoms with Crippen molar-refractivity contribution < 1.29 is 24.2 Å². The second-order valence-corrected chi connectivity index (χ2v) is 7.97. The second kappa shape index (κ2) is 12.5. The molecule has 0 unspecified atom stereocenters. The monoisotopic (exact) mass is 449 g/mol. The molecule has 0 aromatic heterocycles. The summed E-state index contributed by atoms with van der Waals surface area (Å²) in [5, 5.41) is 11.7. The minimum Gasteiger partial charge on any atom is -0.493 e. The maximum Gasteiger partial charge on any atom is 0.303 e. The van der Waals surface area contributed by atoms with E-state index in [9.17, 15) is 9.59 Å². The number of unbranched alkanes of at least 4 members (excludes halogenated alkanes) is 1. The van der Waals surface area contributed by atoms with Crippen LogP contribution in [-0.4, -0.2) is 23.6 Å². The Balaban J connectivity index is 1.55. The molecule has 2 aromatic carbocycles. The number of allylic oxidation sites excluding steroid dienone is 4. The maximum absolute atomic E-state index is 12.8. The second-order valence-electron chi connectivity index (χ2n) is 7.97. The van der Waals surface area contributed by atoms with E-state index in [2.05, 4.69) is 24.4 Å². The summed E-state index contributed by atoms with van der Waals surface area (Å²) in [6.07, 6.45) is 8.97. The van der Waals surface area contributed by atoms with Crippen molar-refractivity contribution in [3.05, 3.63) is 83.3 Å². The van der Waals surface area contributed by atoms with Crippen LogP contribution in [-0.2, 0) is 11.2 Å². The van der Waals surface area contributed by atoms with Crippen LogP contribution in [0.4, 0.5) is 0 Å². The summed E-state index contributed by atoms with van der Waals surface area (Å²) in [7, 11) is 0. The summed E-state index contributed by atoms with van der Waals surface area (Å²) in [5.74, 6) is 0.997. The Hall–Kier alpha value is -3.54. The van der Waals surface area contributed by atoms with E-state index in [1.54, 1.807) is 24.3 Å². The average molecular weight is 450 g/mol. The van der Waals surface area contributed by atoms with E-state index in [-0.39, 0.29) is 18.9 Å². The zero-order chi connectivity index (χ0) is 23.5. The maximum atomic E-state index is 12.8. The molecule has 6 nitrogen and oxygen atoms in total. The van der Waals surface area contributed by atoms with Gasteiger partial charge in [0.05, 0.1) is 12.2 Å². The first-order valence-electron chi connectivity index (χ1n) is 11.5. The van der Waals surface area contributed by atoms with Crippen molar-refractivity contribution in [1.82, 2.24) is 5.32 Å². The number of hydrogen-bond acceptors (Lipinski definition) is 4. The number of ether oxygens (including phenoxy) is 2. The number of benzene rings is 2. The number of amides is 1. The van der Waals surface area contributed by atoms with Crippen molar-refractivity contribution >= 4 is 11.9 Å². The fourth-order valence-corrected chi connectivity index (χ4v) is 3.46. The molecule has 0 heterocycles. The lowest BCUT2D eigenvalue weighted by molar-refractivity contribution is -0.137. The number of carbonyl (C=O) groups excluding carboxylic acids is 1. The van der Waals surface area contributed by atoms with Crippen LogP contribution in [0.3, 0.4) is 0 Å². The van der Waals surface area contributed by atoms with Crippen molar-refractivity contribution in [3.63, 3.8) is 0 Å². The quantitative estimate of drug-likeness (QED) is 0.410. The number of hydrogen-bond donors (Lipinski definition) is 2. The van der Waals surface area contributed by atoms with Crippen molar-refractivity contribution in [2.45, 2.75) is 51.9 Å². The molecule has 0 bridgehead atoms. The number of para-hydroxylation sites is 1. The van der Waals surface area contributed by atoms with Gasteiger partial charge in [0, 0.05) is 18.5 Å². The highest BCUT2D eigenvalue weighted by Gasteiger charge is 2.16. The van der Waals surface area contributed by atoms with E-state index in [1.165, 1.54) is 18.4 Å². The molecule has 1 aliphatic carbocycles. The third kappa shape index (κ3) is 7.83. The van der Waals surface area contributed by atoms with Crippen LogP contribution in [0.15, 0.2) is 72.1 Å². The first-order valence-corrected chi connectivity index (χ1v) is 11.5. The van der Waals surface area contributed by atoms with Crippen LogP contribution in [0.25, 0.3) is 0 Å². The van der Waals surface area contributed by atoms with Gasteiger partial charge in [-0.1, -0.05) is 37.6 Å². The molecule has 0 atom stereocenters. The molecule has 33 heavy (non-hydrogen) atoms. The van der Waals surface area contributed by atoms with Gasteiger partial charge >= 0.3 is 5.97 Å². The summed E-state index contributed by atoms with van der Waals surface area (Å²) < 4.78 is 11.6. The normalized spacial score (nSPS) is 13.0. The third-order valence-corrected chi connectivity index (χ3v) is 5.30. The van der Waals surface area contributed by atoms with Crippen molar-refractivity contribution in [2.75, 3.05) is 6.61 Å². The Bertz CT molecular complexity index is 1010. The number of aliphatic carboxylic acids is 1. The van der Waals surface area contributed by atoms with Crippen LogP contribution in [0, 0.1) is 0 Å². The summed E-state index contributed by atoms with van der Waals surface area (Å²) in [4.78, 5) is 23.4. The smallest absolute Gasteiger partial charge is 0.303 e. The highest BCUT2D eigenvalue weighted by Crippen LogP contribution is 2.24. The van der Waals surface area contributed by atoms with E-state index >= 15 is 0 Å². The molecule has 0 saturated heterocycles. The lowest BCUT2D eigenvalue weighted by atomic mass is 10.1. The molecule has 6 heteroatoms. The summed E-state index contributed by atoms with van der Waals surface area (Å²) in [6.45, 7) is 2.43. The topological polar surface area (TPSA) is 84.9 Å². The summed E-state index contributed by atoms with van der Waals surface area (Å²) in [5.41, 5.74) is 2.55. The Morgan fingerprint density at radius 2 is 1.79 bits per heavy atom. The van der Waals surface area contributed by atoms with Crippen molar-refractivity contribution in [2.24, 2.45) is 0 Å². The Morgan fingerprint density at radius 3 is 2.48 bits per heavy atom. The molecule has 3 rings (SSSR count). The van der Waals surface area contributed by atoms with Gasteiger partial charge in [-0.25, -0.2) is 0 Å². The molecule has 0 spiro atoms. The van der Waals surface area contributed by atoms with E-state index in [0.29, 0.717) is 30.6 Å². The lowest BCUT2D eigenvalue weighted by Crippen LogP contribution is -2.24. The zero-order valence-corrected chi connectivity index (χ0v) is 19.0. The number of carboxylic acid groups (broad SMARTS) is 1. The molecule has 1 aliphatic rings. The van der Waals surface area contributed by atoms with Crippen LogP contribution in [0.2, 0.25) is 0 Å². The number of aryl methyl sites for hydroxylation is 1. The van der Waals surface area contributed by atoms with Gasteiger partial charge < -0.3 is 19.9 Å². The van der Waals surface area contributed by atoms with E-state index < -0.39 is 5.97 Å². The first-order chi connectivity index (χ1) is 16.0. The molecular formula is C27H31NO5.